The zero-order valence-electron chi connectivity index (χ0n) is 11.7. The van der Waals surface area contributed by atoms with Crippen molar-refractivity contribution in [1.29, 1.82) is 5.41 Å². The van der Waals surface area contributed by atoms with E-state index in [2.05, 4.69) is 36.5 Å². The first-order valence-corrected chi connectivity index (χ1v) is 7.56. The lowest BCUT2D eigenvalue weighted by Gasteiger charge is -2.11. The smallest absolute Gasteiger partial charge is 0.135 e. The van der Waals surface area contributed by atoms with Crippen molar-refractivity contribution in [3.05, 3.63) is 65.1 Å². The van der Waals surface area contributed by atoms with Gasteiger partial charge in [0.1, 0.15) is 18.0 Å². The van der Waals surface area contributed by atoms with Crippen molar-refractivity contribution >= 4 is 39.0 Å². The molecule has 1 aliphatic carbocycles. The van der Waals surface area contributed by atoms with Gasteiger partial charge in [0.05, 0.1) is 0 Å². The molecule has 0 amide bonds. The van der Waals surface area contributed by atoms with Gasteiger partial charge in [-0.25, -0.2) is 9.97 Å². The molecular formula is C16H14BrN5. The number of hydrogen-bond acceptors (Lipinski definition) is 5. The fourth-order valence-corrected chi connectivity index (χ4v) is 2.44. The highest BCUT2D eigenvalue weighted by Crippen LogP contribution is 2.21. The van der Waals surface area contributed by atoms with Gasteiger partial charge in [-0.05, 0) is 30.4 Å². The standard InChI is InChI=1S/C16H14BrN5/c17-11-3-1-5-13(7-11)21-15-9-16(20-10-19-15)22-14-6-2-4-12(18)8-14/h1-3,5-10,18H,4H2,(H2,19,20,21,22). The molecular weight excluding hydrogens is 342 g/mol. The molecule has 0 bridgehead atoms. The predicted octanol–water partition coefficient (Wildman–Crippen LogP) is 4.26. The Balaban J connectivity index is 1.75. The summed E-state index contributed by atoms with van der Waals surface area (Å²) >= 11 is 3.44. The molecule has 22 heavy (non-hydrogen) atoms. The van der Waals surface area contributed by atoms with Gasteiger partial charge in [0, 0.05) is 34.1 Å². The number of nitrogens with zero attached hydrogens (tertiary/aromatic N) is 2. The predicted molar refractivity (Wildman–Crippen MR) is 92.6 cm³/mol. The van der Waals surface area contributed by atoms with Gasteiger partial charge < -0.3 is 16.0 Å². The van der Waals surface area contributed by atoms with Crippen molar-refractivity contribution in [2.24, 2.45) is 0 Å². The summed E-state index contributed by atoms with van der Waals surface area (Å²) in [6.45, 7) is 0. The normalized spacial score (nSPS) is 13.7. The van der Waals surface area contributed by atoms with Crippen molar-refractivity contribution in [2.45, 2.75) is 6.42 Å². The van der Waals surface area contributed by atoms with Crippen LogP contribution in [-0.2, 0) is 0 Å². The fraction of sp³-hybridized carbons (Fsp3) is 0.0625. The van der Waals surface area contributed by atoms with Gasteiger partial charge in [-0.2, -0.15) is 0 Å². The molecule has 6 heteroatoms. The molecule has 0 aliphatic heterocycles. The van der Waals surface area contributed by atoms with Crippen LogP contribution in [0.4, 0.5) is 17.3 Å². The molecule has 0 fully saturated rings. The lowest BCUT2D eigenvalue weighted by atomic mass is 10.1. The molecule has 0 atom stereocenters. The maximum Gasteiger partial charge on any atom is 0.135 e. The minimum atomic E-state index is 0.576. The third kappa shape index (κ3) is 3.79. The summed E-state index contributed by atoms with van der Waals surface area (Å²) in [7, 11) is 0. The number of benzene rings is 1. The number of nitrogens with one attached hydrogen (secondary N) is 3. The minimum Gasteiger partial charge on any atom is -0.340 e. The number of halogens is 1. The highest BCUT2D eigenvalue weighted by atomic mass is 79.9. The van der Waals surface area contributed by atoms with Gasteiger partial charge in [0.25, 0.3) is 0 Å². The van der Waals surface area contributed by atoms with Crippen LogP contribution in [0.15, 0.2) is 65.1 Å². The maximum absolute atomic E-state index is 7.68. The molecule has 1 aliphatic rings. The molecule has 2 aromatic rings. The Morgan fingerprint density at radius 3 is 2.68 bits per heavy atom. The van der Waals surface area contributed by atoms with E-state index in [4.69, 9.17) is 5.41 Å². The number of anilines is 3. The lowest BCUT2D eigenvalue weighted by molar-refractivity contribution is 1.16. The van der Waals surface area contributed by atoms with Crippen LogP contribution < -0.4 is 10.6 Å². The average molecular weight is 356 g/mol. The number of rotatable bonds is 4. The third-order valence-corrected chi connectivity index (χ3v) is 3.49. The summed E-state index contributed by atoms with van der Waals surface area (Å²) in [5, 5.41) is 14.1. The summed E-state index contributed by atoms with van der Waals surface area (Å²) in [5.74, 6) is 1.38. The summed E-state index contributed by atoms with van der Waals surface area (Å²) in [5.41, 5.74) is 2.37. The van der Waals surface area contributed by atoms with Crippen molar-refractivity contribution in [3.63, 3.8) is 0 Å². The molecule has 0 spiro atoms. The fourth-order valence-electron chi connectivity index (χ4n) is 2.04. The van der Waals surface area contributed by atoms with Crippen LogP contribution in [-0.4, -0.2) is 15.7 Å². The Bertz CT molecular complexity index is 767. The first-order chi connectivity index (χ1) is 10.7. The topological polar surface area (TPSA) is 73.7 Å². The molecule has 3 rings (SSSR count). The second-order valence-electron chi connectivity index (χ2n) is 4.78. The van der Waals surface area contributed by atoms with E-state index >= 15 is 0 Å². The lowest BCUT2D eigenvalue weighted by Crippen LogP contribution is -2.06. The van der Waals surface area contributed by atoms with E-state index in [-0.39, 0.29) is 0 Å². The van der Waals surface area contributed by atoms with Crippen LogP contribution >= 0.6 is 15.9 Å². The number of allylic oxidation sites excluding steroid dienone is 3. The molecule has 1 aromatic heterocycles. The number of hydrogen-bond donors (Lipinski definition) is 3. The second-order valence-corrected chi connectivity index (χ2v) is 5.70. The van der Waals surface area contributed by atoms with Crippen molar-refractivity contribution < 1.29 is 0 Å². The Kier molecular flexibility index (Phi) is 4.29. The van der Waals surface area contributed by atoms with Crippen LogP contribution in [0.1, 0.15) is 6.42 Å². The van der Waals surface area contributed by atoms with E-state index in [1.807, 2.05) is 42.5 Å². The van der Waals surface area contributed by atoms with Gasteiger partial charge in [0.15, 0.2) is 0 Å². The van der Waals surface area contributed by atoms with Gasteiger partial charge in [-0.1, -0.05) is 28.1 Å². The summed E-state index contributed by atoms with van der Waals surface area (Å²) in [6.07, 6.45) is 7.86. The third-order valence-electron chi connectivity index (χ3n) is 3.00. The molecule has 0 saturated heterocycles. The van der Waals surface area contributed by atoms with Crippen LogP contribution in [0, 0.1) is 5.41 Å². The molecule has 1 aromatic carbocycles. The van der Waals surface area contributed by atoms with E-state index in [1.165, 1.54) is 6.33 Å². The second kappa shape index (κ2) is 6.53. The summed E-state index contributed by atoms with van der Waals surface area (Å²) in [4.78, 5) is 8.42. The van der Waals surface area contributed by atoms with Crippen molar-refractivity contribution in [3.8, 4) is 0 Å². The zero-order chi connectivity index (χ0) is 15.4. The molecule has 0 saturated carbocycles. The first kappa shape index (κ1) is 14.5. The SMILES string of the molecule is N=C1C=C(Nc2cc(Nc3cccc(Br)c3)ncn2)C=CC1. The van der Waals surface area contributed by atoms with E-state index in [1.54, 1.807) is 6.08 Å². The molecule has 110 valence electrons. The average Bonchev–Trinajstić information content (AvgIpc) is 2.47. The Hall–Kier alpha value is -2.47. The van der Waals surface area contributed by atoms with Crippen LogP contribution in [0.25, 0.3) is 0 Å². The van der Waals surface area contributed by atoms with Gasteiger partial charge in [-0.3, -0.25) is 0 Å². The summed E-state index contributed by atoms with van der Waals surface area (Å²) in [6, 6.07) is 9.69. The number of aromatic nitrogens is 2. The molecule has 3 N–H and O–H groups in total. The van der Waals surface area contributed by atoms with Gasteiger partial charge >= 0.3 is 0 Å². The van der Waals surface area contributed by atoms with Crippen LogP contribution in [0.3, 0.4) is 0 Å². The maximum atomic E-state index is 7.68. The Morgan fingerprint density at radius 1 is 1.09 bits per heavy atom. The zero-order valence-corrected chi connectivity index (χ0v) is 13.3. The molecule has 1 heterocycles. The van der Waals surface area contributed by atoms with E-state index in [0.717, 1.165) is 15.9 Å². The summed E-state index contributed by atoms with van der Waals surface area (Å²) < 4.78 is 1.00. The van der Waals surface area contributed by atoms with Gasteiger partial charge in [-0.15, -0.1) is 0 Å². The van der Waals surface area contributed by atoms with E-state index in [9.17, 15) is 0 Å². The monoisotopic (exact) mass is 355 g/mol. The van der Waals surface area contributed by atoms with E-state index in [0.29, 0.717) is 23.8 Å². The van der Waals surface area contributed by atoms with Crippen molar-refractivity contribution in [1.82, 2.24) is 9.97 Å². The Morgan fingerprint density at radius 2 is 1.91 bits per heavy atom. The molecule has 0 unspecified atom stereocenters. The highest BCUT2D eigenvalue weighted by Gasteiger charge is 2.04. The van der Waals surface area contributed by atoms with E-state index < -0.39 is 0 Å². The van der Waals surface area contributed by atoms with Crippen molar-refractivity contribution in [2.75, 3.05) is 10.6 Å². The minimum absolute atomic E-state index is 0.576. The highest BCUT2D eigenvalue weighted by molar-refractivity contribution is 9.10. The molecule has 0 radical (unpaired) electrons. The van der Waals surface area contributed by atoms with Crippen LogP contribution in [0.2, 0.25) is 0 Å². The quantitative estimate of drug-likeness (QED) is 0.765. The van der Waals surface area contributed by atoms with Gasteiger partial charge in [0.2, 0.25) is 0 Å². The first-order valence-electron chi connectivity index (χ1n) is 6.76. The van der Waals surface area contributed by atoms with Crippen LogP contribution in [0.5, 0.6) is 0 Å². The Labute approximate surface area is 136 Å². The molecule has 5 nitrogen and oxygen atoms in total. The largest absolute Gasteiger partial charge is 0.340 e.